The third kappa shape index (κ3) is 5.19. The Morgan fingerprint density at radius 1 is 1.15 bits per heavy atom. The number of likely N-dealkylation sites (N-methyl/N-ethyl adjacent to an activating group) is 1. The highest BCUT2D eigenvalue weighted by atomic mass is 35.5. The molecule has 6 heteroatoms. The summed E-state index contributed by atoms with van der Waals surface area (Å²) in [7, 11) is 1.85. The lowest BCUT2D eigenvalue weighted by Gasteiger charge is -2.13. The third-order valence-electron chi connectivity index (χ3n) is 4.37. The zero-order chi connectivity index (χ0) is 19.3. The lowest BCUT2D eigenvalue weighted by atomic mass is 10.1. The standard InChI is InChI=1S/C20H26ClN3O2/c1-5-10-24-14(2)11-18(15(24)3)19(25)12-23(4)13-20(26)22-17-8-6-16(21)7-9-17/h6-9,11H,5,10,12-13H2,1-4H3,(H,22,26)/p+1. The quantitative estimate of drug-likeness (QED) is 0.695. The van der Waals surface area contributed by atoms with Gasteiger partial charge in [-0.3, -0.25) is 9.59 Å². The van der Waals surface area contributed by atoms with E-state index in [1.54, 1.807) is 24.3 Å². The molecule has 5 nitrogen and oxygen atoms in total. The minimum Gasteiger partial charge on any atom is -0.348 e. The Kier molecular flexibility index (Phi) is 7.00. The number of benzene rings is 1. The Balaban J connectivity index is 1.93. The van der Waals surface area contributed by atoms with Gasteiger partial charge in [0.1, 0.15) is 6.54 Å². The zero-order valence-corrected chi connectivity index (χ0v) is 16.6. The van der Waals surface area contributed by atoms with Gasteiger partial charge >= 0.3 is 0 Å². The van der Waals surface area contributed by atoms with Gasteiger partial charge in [0.2, 0.25) is 5.78 Å². The van der Waals surface area contributed by atoms with E-state index < -0.39 is 0 Å². The molecule has 2 aromatic rings. The van der Waals surface area contributed by atoms with E-state index in [9.17, 15) is 9.59 Å². The molecule has 140 valence electrons. The third-order valence-corrected chi connectivity index (χ3v) is 4.63. The molecule has 0 fully saturated rings. The van der Waals surface area contributed by atoms with Crippen molar-refractivity contribution in [2.75, 3.05) is 25.5 Å². The van der Waals surface area contributed by atoms with Crippen LogP contribution < -0.4 is 10.2 Å². The molecule has 0 saturated carbocycles. The van der Waals surface area contributed by atoms with Crippen LogP contribution in [0.4, 0.5) is 5.69 Å². The van der Waals surface area contributed by atoms with E-state index in [1.807, 2.05) is 27.0 Å². The van der Waals surface area contributed by atoms with Crippen molar-refractivity contribution in [3.8, 4) is 0 Å². The van der Waals surface area contributed by atoms with Crippen LogP contribution in [0.5, 0.6) is 0 Å². The van der Waals surface area contributed by atoms with Gasteiger partial charge in [0.15, 0.2) is 6.54 Å². The normalized spacial score (nSPS) is 12.0. The topological polar surface area (TPSA) is 55.5 Å². The van der Waals surface area contributed by atoms with Gasteiger partial charge in [0, 0.05) is 34.2 Å². The van der Waals surface area contributed by atoms with Crippen LogP contribution in [0.15, 0.2) is 30.3 Å². The molecule has 1 heterocycles. The molecule has 1 atom stereocenters. The van der Waals surface area contributed by atoms with Crippen LogP contribution in [0.2, 0.25) is 5.02 Å². The number of aryl methyl sites for hydroxylation is 1. The number of hydrogen-bond acceptors (Lipinski definition) is 2. The highest BCUT2D eigenvalue weighted by Gasteiger charge is 2.20. The molecule has 0 bridgehead atoms. The predicted octanol–water partition coefficient (Wildman–Crippen LogP) is 2.50. The summed E-state index contributed by atoms with van der Waals surface area (Å²) in [5, 5.41) is 3.44. The number of anilines is 1. The minimum absolute atomic E-state index is 0.0669. The fourth-order valence-corrected chi connectivity index (χ4v) is 3.22. The number of carbonyl (C=O) groups excluding carboxylic acids is 2. The van der Waals surface area contributed by atoms with E-state index in [2.05, 4.69) is 16.8 Å². The van der Waals surface area contributed by atoms with Gasteiger partial charge in [-0.15, -0.1) is 0 Å². The minimum atomic E-state index is -0.130. The number of nitrogens with zero attached hydrogens (tertiary/aromatic N) is 1. The first-order valence-electron chi connectivity index (χ1n) is 8.88. The number of amides is 1. The van der Waals surface area contributed by atoms with Gasteiger partial charge in [-0.05, 0) is 50.6 Å². The summed E-state index contributed by atoms with van der Waals surface area (Å²) in [6.45, 7) is 7.55. The second kappa shape index (κ2) is 9.01. The van der Waals surface area contributed by atoms with Crippen molar-refractivity contribution in [2.24, 2.45) is 0 Å². The second-order valence-corrected chi connectivity index (χ2v) is 7.16. The number of carbonyl (C=O) groups is 2. The number of aromatic nitrogens is 1. The monoisotopic (exact) mass is 376 g/mol. The van der Waals surface area contributed by atoms with Crippen LogP contribution >= 0.6 is 11.6 Å². The fraction of sp³-hybridized carbons (Fsp3) is 0.400. The van der Waals surface area contributed by atoms with Gasteiger partial charge in [-0.2, -0.15) is 0 Å². The lowest BCUT2D eigenvalue weighted by Crippen LogP contribution is -3.11. The first kappa shape index (κ1) is 20.2. The number of nitrogens with one attached hydrogen (secondary N) is 2. The molecule has 0 radical (unpaired) electrons. The van der Waals surface area contributed by atoms with Gasteiger partial charge in [-0.1, -0.05) is 18.5 Å². The number of ketones is 1. The molecule has 26 heavy (non-hydrogen) atoms. The molecule has 0 aliphatic heterocycles. The first-order chi connectivity index (χ1) is 12.3. The number of Topliss-reactive ketones (excluding diaryl/α,β-unsaturated/α-hetero) is 1. The van der Waals surface area contributed by atoms with Crippen molar-refractivity contribution >= 4 is 29.0 Å². The van der Waals surface area contributed by atoms with Crippen molar-refractivity contribution in [1.82, 2.24) is 4.57 Å². The van der Waals surface area contributed by atoms with Crippen LogP contribution in [0.3, 0.4) is 0 Å². The number of halogens is 1. The number of rotatable bonds is 8. The Labute approximate surface area is 159 Å². The number of quaternary nitrogens is 1. The lowest BCUT2D eigenvalue weighted by molar-refractivity contribution is -0.861. The van der Waals surface area contributed by atoms with Crippen LogP contribution in [-0.2, 0) is 11.3 Å². The summed E-state index contributed by atoms with van der Waals surface area (Å²) in [4.78, 5) is 25.6. The summed E-state index contributed by atoms with van der Waals surface area (Å²) >= 11 is 5.84. The Hall–Kier alpha value is -2.11. The zero-order valence-electron chi connectivity index (χ0n) is 15.9. The van der Waals surface area contributed by atoms with Crippen molar-refractivity contribution in [1.29, 1.82) is 0 Å². The Bertz CT molecular complexity index is 781. The summed E-state index contributed by atoms with van der Waals surface area (Å²) in [6, 6.07) is 8.91. The van der Waals surface area contributed by atoms with Crippen molar-refractivity contribution in [3.63, 3.8) is 0 Å². The molecule has 0 aliphatic carbocycles. The molecule has 1 aromatic carbocycles. The van der Waals surface area contributed by atoms with Gasteiger partial charge in [0.25, 0.3) is 5.91 Å². The van der Waals surface area contributed by atoms with E-state index in [1.165, 1.54) is 0 Å². The molecule has 1 amide bonds. The molecule has 1 unspecified atom stereocenters. The average molecular weight is 377 g/mol. The van der Waals surface area contributed by atoms with Crippen LogP contribution in [0.1, 0.15) is 35.1 Å². The number of hydrogen-bond donors (Lipinski definition) is 2. The van der Waals surface area contributed by atoms with Crippen LogP contribution in [0.25, 0.3) is 0 Å². The largest absolute Gasteiger partial charge is 0.348 e. The molecule has 0 saturated heterocycles. The first-order valence-corrected chi connectivity index (χ1v) is 9.26. The second-order valence-electron chi connectivity index (χ2n) is 6.73. The smallest absolute Gasteiger partial charge is 0.279 e. The molecule has 1 aromatic heterocycles. The highest BCUT2D eigenvalue weighted by molar-refractivity contribution is 6.30. The van der Waals surface area contributed by atoms with Crippen molar-refractivity contribution < 1.29 is 14.5 Å². The summed E-state index contributed by atoms with van der Waals surface area (Å²) < 4.78 is 2.18. The SMILES string of the molecule is CCCn1c(C)cc(C(=O)C[NH+](C)CC(=O)Nc2ccc(Cl)cc2)c1C. The van der Waals surface area contributed by atoms with E-state index in [0.29, 0.717) is 10.7 Å². The molecule has 0 aliphatic rings. The predicted molar refractivity (Wildman–Crippen MR) is 105 cm³/mol. The van der Waals surface area contributed by atoms with E-state index >= 15 is 0 Å². The van der Waals surface area contributed by atoms with Gasteiger partial charge < -0.3 is 14.8 Å². The van der Waals surface area contributed by atoms with Gasteiger partial charge in [0.05, 0.1) is 7.05 Å². The van der Waals surface area contributed by atoms with Crippen molar-refractivity contribution in [2.45, 2.75) is 33.7 Å². The van der Waals surface area contributed by atoms with Crippen LogP contribution in [0, 0.1) is 13.8 Å². The summed E-state index contributed by atoms with van der Waals surface area (Å²) in [6.07, 6.45) is 1.03. The maximum absolute atomic E-state index is 12.6. The van der Waals surface area contributed by atoms with E-state index in [4.69, 9.17) is 11.6 Å². The average Bonchev–Trinajstić information content (AvgIpc) is 2.85. The van der Waals surface area contributed by atoms with Crippen LogP contribution in [-0.4, -0.2) is 36.4 Å². The molecular weight excluding hydrogens is 350 g/mol. The molecular formula is C20H27ClN3O2+. The van der Waals surface area contributed by atoms with Gasteiger partial charge in [-0.25, -0.2) is 0 Å². The van der Waals surface area contributed by atoms with Crippen molar-refractivity contribution in [3.05, 3.63) is 52.3 Å². The van der Waals surface area contributed by atoms with E-state index in [0.717, 1.165) is 34.8 Å². The fourth-order valence-electron chi connectivity index (χ4n) is 3.10. The Morgan fingerprint density at radius 2 is 1.81 bits per heavy atom. The Morgan fingerprint density at radius 3 is 2.42 bits per heavy atom. The molecule has 2 N–H and O–H groups in total. The summed E-state index contributed by atoms with van der Waals surface area (Å²) in [5.74, 6) is -0.0636. The molecule has 0 spiro atoms. The maximum Gasteiger partial charge on any atom is 0.279 e. The summed E-state index contributed by atoms with van der Waals surface area (Å²) in [5.41, 5.74) is 3.56. The molecule has 2 rings (SSSR count). The van der Waals surface area contributed by atoms with E-state index in [-0.39, 0.29) is 24.8 Å². The highest BCUT2D eigenvalue weighted by Crippen LogP contribution is 2.16. The maximum atomic E-state index is 12.6.